The summed E-state index contributed by atoms with van der Waals surface area (Å²) in [5.74, 6) is 0. The molecule has 1 aromatic rings. The zero-order chi connectivity index (χ0) is 13.8. The second-order valence-corrected chi connectivity index (χ2v) is 6.39. The maximum Gasteiger partial charge on any atom is 0.0379 e. The molecule has 0 fully saturated rings. The first-order valence-corrected chi connectivity index (χ1v) is 7.00. The summed E-state index contributed by atoms with van der Waals surface area (Å²) in [6.07, 6.45) is 2.41. The van der Waals surface area contributed by atoms with Crippen LogP contribution in [0.3, 0.4) is 0 Å². The Morgan fingerprint density at radius 3 is 2.17 bits per heavy atom. The third-order valence-corrected chi connectivity index (χ3v) is 3.14. The average molecular weight is 248 g/mol. The number of aromatic nitrogens is 1. The van der Waals surface area contributed by atoms with Gasteiger partial charge in [-0.3, -0.25) is 4.98 Å². The van der Waals surface area contributed by atoms with Gasteiger partial charge < -0.3 is 5.32 Å². The Morgan fingerprint density at radius 1 is 1.17 bits per heavy atom. The monoisotopic (exact) mass is 248 g/mol. The molecule has 1 N–H and O–H groups in total. The predicted molar refractivity (Wildman–Crippen MR) is 78.8 cm³/mol. The number of nitrogens with one attached hydrogen (secondary N) is 1. The normalized spacial score (nSPS) is 13.7. The van der Waals surface area contributed by atoms with E-state index in [9.17, 15) is 0 Å². The smallest absolute Gasteiger partial charge is 0.0379 e. The molecule has 1 rings (SSSR count). The van der Waals surface area contributed by atoms with Gasteiger partial charge in [-0.05, 0) is 56.3 Å². The predicted octanol–water partition coefficient (Wildman–Crippen LogP) is 4.18. The van der Waals surface area contributed by atoms with Crippen molar-refractivity contribution in [3.8, 4) is 0 Å². The van der Waals surface area contributed by atoms with Gasteiger partial charge in [0.2, 0.25) is 0 Å². The van der Waals surface area contributed by atoms with Gasteiger partial charge in [-0.2, -0.15) is 0 Å². The molecule has 18 heavy (non-hydrogen) atoms. The van der Waals surface area contributed by atoms with Gasteiger partial charge in [-0.1, -0.05) is 27.7 Å². The number of hydrogen-bond acceptors (Lipinski definition) is 2. The highest BCUT2D eigenvalue weighted by Crippen LogP contribution is 2.27. The van der Waals surface area contributed by atoms with Crippen molar-refractivity contribution in [1.29, 1.82) is 0 Å². The summed E-state index contributed by atoms with van der Waals surface area (Å²) < 4.78 is 0. The molecule has 1 aromatic heterocycles. The summed E-state index contributed by atoms with van der Waals surface area (Å²) in [4.78, 5) is 4.46. The lowest BCUT2D eigenvalue weighted by atomic mass is 9.87. The van der Waals surface area contributed by atoms with Crippen LogP contribution in [0, 0.1) is 19.3 Å². The molecule has 0 saturated carbocycles. The van der Waals surface area contributed by atoms with Crippen LogP contribution in [0.2, 0.25) is 0 Å². The summed E-state index contributed by atoms with van der Waals surface area (Å²) >= 11 is 0. The van der Waals surface area contributed by atoms with Crippen LogP contribution < -0.4 is 5.32 Å². The van der Waals surface area contributed by atoms with Crippen LogP contribution in [0.25, 0.3) is 0 Å². The number of nitrogens with zero attached hydrogens (tertiary/aromatic N) is 1. The second-order valence-electron chi connectivity index (χ2n) is 6.39. The van der Waals surface area contributed by atoms with Crippen molar-refractivity contribution in [2.24, 2.45) is 5.41 Å². The van der Waals surface area contributed by atoms with Crippen LogP contribution in [0.15, 0.2) is 12.1 Å². The van der Waals surface area contributed by atoms with E-state index in [1.807, 2.05) is 0 Å². The molecule has 0 bridgehead atoms. The molecular formula is C16H28N2. The van der Waals surface area contributed by atoms with E-state index < -0.39 is 0 Å². The Balaban J connectivity index is 2.83. The van der Waals surface area contributed by atoms with Crippen LogP contribution in [0.4, 0.5) is 0 Å². The average Bonchev–Trinajstić information content (AvgIpc) is 2.21. The maximum absolute atomic E-state index is 4.46. The SMILES string of the molecule is CCNC(CCC(C)(C)C)c1cc(C)nc(C)c1. The fourth-order valence-corrected chi connectivity index (χ4v) is 2.28. The van der Waals surface area contributed by atoms with Gasteiger partial charge in [-0.15, -0.1) is 0 Å². The molecule has 102 valence electrons. The highest BCUT2D eigenvalue weighted by molar-refractivity contribution is 5.23. The van der Waals surface area contributed by atoms with Crippen molar-refractivity contribution >= 4 is 0 Å². The lowest BCUT2D eigenvalue weighted by molar-refractivity contribution is 0.333. The second kappa shape index (κ2) is 6.33. The molecule has 0 aliphatic heterocycles. The maximum atomic E-state index is 4.46. The van der Waals surface area contributed by atoms with Crippen molar-refractivity contribution in [1.82, 2.24) is 10.3 Å². The van der Waals surface area contributed by atoms with Crippen molar-refractivity contribution in [2.75, 3.05) is 6.54 Å². The van der Waals surface area contributed by atoms with E-state index in [2.05, 4.69) is 64.0 Å². The number of hydrogen-bond donors (Lipinski definition) is 1. The summed E-state index contributed by atoms with van der Waals surface area (Å²) in [6, 6.07) is 4.88. The van der Waals surface area contributed by atoms with E-state index in [1.165, 1.54) is 18.4 Å². The zero-order valence-electron chi connectivity index (χ0n) is 12.8. The molecular weight excluding hydrogens is 220 g/mol. The lowest BCUT2D eigenvalue weighted by Crippen LogP contribution is -2.23. The van der Waals surface area contributed by atoms with Crippen LogP contribution in [0.1, 0.15) is 63.5 Å². The third-order valence-electron chi connectivity index (χ3n) is 3.14. The molecule has 0 aliphatic rings. The van der Waals surface area contributed by atoms with Crippen molar-refractivity contribution in [3.63, 3.8) is 0 Å². The zero-order valence-corrected chi connectivity index (χ0v) is 12.8. The third kappa shape index (κ3) is 5.18. The van der Waals surface area contributed by atoms with Crippen molar-refractivity contribution in [3.05, 3.63) is 29.1 Å². The summed E-state index contributed by atoms with van der Waals surface area (Å²) in [6.45, 7) is 14.2. The fourth-order valence-electron chi connectivity index (χ4n) is 2.28. The van der Waals surface area contributed by atoms with Crippen LogP contribution >= 0.6 is 0 Å². The van der Waals surface area contributed by atoms with Crippen molar-refractivity contribution in [2.45, 2.75) is 60.4 Å². The van der Waals surface area contributed by atoms with Crippen LogP contribution in [-0.4, -0.2) is 11.5 Å². The first-order valence-electron chi connectivity index (χ1n) is 7.00. The number of rotatable bonds is 5. The van der Waals surface area contributed by atoms with Gasteiger partial charge in [0.05, 0.1) is 0 Å². The minimum absolute atomic E-state index is 0.394. The first-order chi connectivity index (χ1) is 8.31. The summed E-state index contributed by atoms with van der Waals surface area (Å²) in [5.41, 5.74) is 4.00. The summed E-state index contributed by atoms with van der Waals surface area (Å²) in [5, 5.41) is 3.60. The van der Waals surface area contributed by atoms with Gasteiger partial charge in [0.1, 0.15) is 0 Å². The molecule has 0 aliphatic carbocycles. The van der Waals surface area contributed by atoms with E-state index in [1.54, 1.807) is 0 Å². The Morgan fingerprint density at radius 2 is 1.72 bits per heavy atom. The quantitative estimate of drug-likeness (QED) is 0.845. The van der Waals surface area contributed by atoms with E-state index in [-0.39, 0.29) is 0 Å². The van der Waals surface area contributed by atoms with E-state index >= 15 is 0 Å². The van der Waals surface area contributed by atoms with Gasteiger partial charge in [0.25, 0.3) is 0 Å². The lowest BCUT2D eigenvalue weighted by Gasteiger charge is -2.24. The van der Waals surface area contributed by atoms with E-state index in [0.29, 0.717) is 11.5 Å². The van der Waals surface area contributed by atoms with Gasteiger partial charge in [-0.25, -0.2) is 0 Å². The first kappa shape index (κ1) is 15.2. The fraction of sp³-hybridized carbons (Fsp3) is 0.688. The molecule has 2 heteroatoms. The molecule has 0 spiro atoms. The van der Waals surface area contributed by atoms with E-state index in [4.69, 9.17) is 0 Å². The molecule has 1 atom stereocenters. The molecule has 0 saturated heterocycles. The largest absolute Gasteiger partial charge is 0.310 e. The molecule has 0 radical (unpaired) electrons. The Kier molecular flexibility index (Phi) is 5.33. The highest BCUT2D eigenvalue weighted by Gasteiger charge is 2.16. The topological polar surface area (TPSA) is 24.9 Å². The standard InChI is InChI=1S/C16H28N2/c1-7-17-15(8-9-16(4,5)6)14-10-12(2)18-13(3)11-14/h10-11,15,17H,7-9H2,1-6H3. The minimum atomic E-state index is 0.394. The minimum Gasteiger partial charge on any atom is -0.310 e. The molecule has 1 unspecified atom stereocenters. The highest BCUT2D eigenvalue weighted by atomic mass is 14.9. The number of pyridine rings is 1. The Labute approximate surface area is 112 Å². The van der Waals surface area contributed by atoms with Gasteiger partial charge in [0, 0.05) is 17.4 Å². The Bertz CT molecular complexity index is 357. The van der Waals surface area contributed by atoms with Crippen LogP contribution in [0.5, 0.6) is 0 Å². The molecule has 0 aromatic carbocycles. The number of aryl methyl sites for hydroxylation is 2. The van der Waals surface area contributed by atoms with Gasteiger partial charge in [0.15, 0.2) is 0 Å². The Hall–Kier alpha value is -0.890. The molecule has 1 heterocycles. The summed E-state index contributed by atoms with van der Waals surface area (Å²) in [7, 11) is 0. The van der Waals surface area contributed by atoms with Crippen LogP contribution in [-0.2, 0) is 0 Å². The van der Waals surface area contributed by atoms with Crippen molar-refractivity contribution < 1.29 is 0 Å². The van der Waals surface area contributed by atoms with E-state index in [0.717, 1.165) is 17.9 Å². The molecule has 0 amide bonds. The molecule has 2 nitrogen and oxygen atoms in total. The van der Waals surface area contributed by atoms with Gasteiger partial charge >= 0.3 is 0 Å².